The molecule has 1 atom stereocenters. The van der Waals surface area contributed by atoms with E-state index in [0.717, 1.165) is 54.5 Å². The van der Waals surface area contributed by atoms with Crippen molar-refractivity contribution in [1.82, 2.24) is 19.7 Å². The molecule has 194 valence electrons. The van der Waals surface area contributed by atoms with Crippen LogP contribution in [0.2, 0.25) is 0 Å². The van der Waals surface area contributed by atoms with Crippen molar-refractivity contribution in [3.63, 3.8) is 0 Å². The van der Waals surface area contributed by atoms with E-state index in [1.807, 2.05) is 28.8 Å². The number of amides is 1. The minimum absolute atomic E-state index is 0.133. The number of pyridine rings is 2. The zero-order chi connectivity index (χ0) is 25.6. The first-order valence-electron chi connectivity index (χ1n) is 13.3. The fraction of sp³-hybridized carbons (Fsp3) is 0.345. The molecule has 7 rings (SSSR count). The minimum atomic E-state index is -0.336. The van der Waals surface area contributed by atoms with E-state index in [4.69, 9.17) is 4.74 Å². The Morgan fingerprint density at radius 3 is 2.87 bits per heavy atom. The Bertz CT molecular complexity index is 1510. The second-order valence-corrected chi connectivity index (χ2v) is 10.4. The van der Waals surface area contributed by atoms with Crippen LogP contribution in [-0.2, 0) is 11.3 Å². The first-order chi connectivity index (χ1) is 18.6. The van der Waals surface area contributed by atoms with Crippen LogP contribution in [0.4, 0.5) is 21.6 Å². The lowest BCUT2D eigenvalue weighted by Crippen LogP contribution is -2.42. The number of ether oxygens (including phenoxy) is 1. The molecule has 0 spiro atoms. The van der Waals surface area contributed by atoms with Crippen LogP contribution < -0.4 is 15.5 Å². The second-order valence-electron chi connectivity index (χ2n) is 10.4. The largest absolute Gasteiger partial charge is 0.375 e. The van der Waals surface area contributed by atoms with Gasteiger partial charge in [0.25, 0.3) is 5.91 Å². The van der Waals surface area contributed by atoms with E-state index in [2.05, 4.69) is 31.6 Å². The van der Waals surface area contributed by atoms with Crippen molar-refractivity contribution < 1.29 is 13.9 Å². The molecule has 38 heavy (non-hydrogen) atoms. The lowest BCUT2D eigenvalue weighted by molar-refractivity contribution is 0.0330. The Labute approximate surface area is 219 Å². The fourth-order valence-corrected chi connectivity index (χ4v) is 5.59. The molecule has 0 unspecified atom stereocenters. The third kappa shape index (κ3) is 4.36. The standard InChI is InChI=1S/C29H29FN6O2/c30-19-9-10-36-25(16-32-27(36)13-19)22-6-7-24(28-23(22)15-33-29(28)37)34-26-8-4-20(14-31-26)35-11-12-38-21(17-35)5-3-18-1-2-18/h4,6-10,13-14,16,18,21H,1-3,5,11-12,15,17H2,(H,31,34)(H,33,37)/t21-/m1/s1. The number of morpholine rings is 1. The number of nitrogens with one attached hydrogen (secondary N) is 2. The van der Waals surface area contributed by atoms with Gasteiger partial charge in [-0.2, -0.15) is 0 Å². The molecule has 3 aliphatic rings. The summed E-state index contributed by atoms with van der Waals surface area (Å²) in [5.41, 5.74) is 5.47. The van der Waals surface area contributed by atoms with E-state index < -0.39 is 0 Å². The number of imidazole rings is 1. The highest BCUT2D eigenvalue weighted by Gasteiger charge is 2.28. The number of anilines is 3. The van der Waals surface area contributed by atoms with Gasteiger partial charge in [0, 0.05) is 37.5 Å². The minimum Gasteiger partial charge on any atom is -0.375 e. The number of benzene rings is 1. The quantitative estimate of drug-likeness (QED) is 0.366. The highest BCUT2D eigenvalue weighted by Crippen LogP contribution is 2.36. The summed E-state index contributed by atoms with van der Waals surface area (Å²) in [5, 5.41) is 6.28. The van der Waals surface area contributed by atoms with Gasteiger partial charge in [-0.1, -0.05) is 18.9 Å². The topological polar surface area (TPSA) is 83.8 Å². The Balaban J connectivity index is 1.11. The number of carbonyl (C=O) groups is 1. The van der Waals surface area contributed by atoms with Crippen LogP contribution in [0.15, 0.2) is 55.0 Å². The van der Waals surface area contributed by atoms with Crippen molar-refractivity contribution >= 4 is 28.7 Å². The zero-order valence-electron chi connectivity index (χ0n) is 21.0. The van der Waals surface area contributed by atoms with Crippen molar-refractivity contribution in [2.75, 3.05) is 29.9 Å². The lowest BCUT2D eigenvalue weighted by atomic mass is 9.99. The summed E-state index contributed by atoms with van der Waals surface area (Å²) in [6, 6.07) is 10.7. The summed E-state index contributed by atoms with van der Waals surface area (Å²) in [6.45, 7) is 2.91. The maximum Gasteiger partial charge on any atom is 0.254 e. The number of aromatic nitrogens is 3. The van der Waals surface area contributed by atoms with Gasteiger partial charge >= 0.3 is 0 Å². The molecule has 0 bridgehead atoms. The first-order valence-corrected chi connectivity index (χ1v) is 13.3. The highest BCUT2D eigenvalue weighted by atomic mass is 19.1. The second kappa shape index (κ2) is 9.40. The Hall–Kier alpha value is -3.98. The average molecular weight is 513 g/mol. The van der Waals surface area contributed by atoms with Crippen LogP contribution in [0.25, 0.3) is 16.9 Å². The Kier molecular flexibility index (Phi) is 5.73. The third-order valence-corrected chi connectivity index (χ3v) is 7.83. The molecule has 1 aromatic carbocycles. The number of hydrogen-bond acceptors (Lipinski definition) is 6. The number of carbonyl (C=O) groups excluding carboxylic acids is 1. The molecule has 1 aliphatic carbocycles. The zero-order valence-corrected chi connectivity index (χ0v) is 21.0. The summed E-state index contributed by atoms with van der Waals surface area (Å²) in [7, 11) is 0. The molecule has 4 aromatic rings. The average Bonchev–Trinajstić information content (AvgIpc) is 3.56. The van der Waals surface area contributed by atoms with E-state index >= 15 is 0 Å². The number of nitrogens with zero attached hydrogens (tertiary/aromatic N) is 4. The smallest absolute Gasteiger partial charge is 0.254 e. The molecular weight excluding hydrogens is 483 g/mol. The molecule has 0 radical (unpaired) electrons. The number of hydrogen-bond donors (Lipinski definition) is 2. The van der Waals surface area contributed by atoms with Crippen molar-refractivity contribution in [3.8, 4) is 11.3 Å². The van der Waals surface area contributed by atoms with Gasteiger partial charge in [0.2, 0.25) is 0 Å². The van der Waals surface area contributed by atoms with Crippen LogP contribution in [0.5, 0.6) is 0 Å². The van der Waals surface area contributed by atoms with Crippen molar-refractivity contribution in [2.45, 2.75) is 38.3 Å². The van der Waals surface area contributed by atoms with Gasteiger partial charge in [0.15, 0.2) is 0 Å². The third-order valence-electron chi connectivity index (χ3n) is 7.83. The normalized spacial score (nSPS) is 19.0. The van der Waals surface area contributed by atoms with Gasteiger partial charge in [-0.15, -0.1) is 0 Å². The van der Waals surface area contributed by atoms with Gasteiger partial charge in [-0.3, -0.25) is 9.20 Å². The van der Waals surface area contributed by atoms with E-state index in [9.17, 15) is 9.18 Å². The molecule has 2 aliphatic heterocycles. The van der Waals surface area contributed by atoms with Crippen LogP contribution in [0.1, 0.15) is 41.6 Å². The molecule has 1 saturated heterocycles. The number of fused-ring (bicyclic) bond motifs is 2. The van der Waals surface area contributed by atoms with Crippen molar-refractivity contribution in [3.05, 3.63) is 71.9 Å². The maximum absolute atomic E-state index is 13.7. The van der Waals surface area contributed by atoms with E-state index in [-0.39, 0.29) is 17.8 Å². The molecule has 2 fully saturated rings. The summed E-state index contributed by atoms with van der Waals surface area (Å²) in [4.78, 5) is 24.2. The SMILES string of the molecule is O=C1NCc2c(-c3cnc4cc(F)ccn34)ccc(Nc3ccc(N4CCO[C@H](CCC5CC5)C4)cn3)c21. The van der Waals surface area contributed by atoms with Crippen LogP contribution in [0, 0.1) is 11.7 Å². The van der Waals surface area contributed by atoms with Crippen LogP contribution in [-0.4, -0.2) is 46.1 Å². The highest BCUT2D eigenvalue weighted by molar-refractivity contribution is 6.06. The van der Waals surface area contributed by atoms with Crippen LogP contribution in [0.3, 0.4) is 0 Å². The summed E-state index contributed by atoms with van der Waals surface area (Å²) in [6.07, 6.45) is 10.7. The van der Waals surface area contributed by atoms with Gasteiger partial charge in [0.1, 0.15) is 17.3 Å². The molecular formula is C29H29FN6O2. The monoisotopic (exact) mass is 512 g/mol. The van der Waals surface area contributed by atoms with Crippen molar-refractivity contribution in [1.29, 1.82) is 0 Å². The summed E-state index contributed by atoms with van der Waals surface area (Å²) < 4.78 is 21.5. The van der Waals surface area contributed by atoms with E-state index in [1.165, 1.54) is 31.4 Å². The molecule has 2 N–H and O–H groups in total. The maximum atomic E-state index is 13.7. The van der Waals surface area contributed by atoms with Crippen LogP contribution >= 0.6 is 0 Å². The fourth-order valence-electron chi connectivity index (χ4n) is 5.59. The predicted molar refractivity (Wildman–Crippen MR) is 143 cm³/mol. The molecule has 3 aromatic heterocycles. The van der Waals surface area contributed by atoms with Gasteiger partial charge in [-0.05, 0) is 48.6 Å². The Morgan fingerprint density at radius 1 is 1.11 bits per heavy atom. The lowest BCUT2D eigenvalue weighted by Gasteiger charge is -2.34. The Morgan fingerprint density at radius 2 is 2.03 bits per heavy atom. The van der Waals surface area contributed by atoms with Gasteiger partial charge in [-0.25, -0.2) is 14.4 Å². The predicted octanol–water partition coefficient (Wildman–Crippen LogP) is 4.92. The molecule has 5 heterocycles. The molecule has 9 heteroatoms. The molecule has 1 saturated carbocycles. The number of halogens is 1. The van der Waals surface area contributed by atoms with E-state index in [1.54, 1.807) is 12.4 Å². The summed E-state index contributed by atoms with van der Waals surface area (Å²) >= 11 is 0. The summed E-state index contributed by atoms with van der Waals surface area (Å²) in [5.74, 6) is 1.12. The van der Waals surface area contributed by atoms with Crippen molar-refractivity contribution in [2.24, 2.45) is 5.92 Å². The van der Waals surface area contributed by atoms with E-state index in [0.29, 0.717) is 29.3 Å². The number of rotatable bonds is 7. The van der Waals surface area contributed by atoms with Gasteiger partial charge in [0.05, 0.1) is 47.7 Å². The molecule has 1 amide bonds. The first kappa shape index (κ1) is 23.2. The van der Waals surface area contributed by atoms with Gasteiger partial charge < -0.3 is 20.3 Å². The molecule has 8 nitrogen and oxygen atoms in total.